The van der Waals surface area contributed by atoms with Crippen LogP contribution < -0.4 is 5.56 Å². The third-order valence-corrected chi connectivity index (χ3v) is 6.39. The van der Waals surface area contributed by atoms with E-state index in [9.17, 15) is 4.79 Å². The Morgan fingerprint density at radius 3 is 2.65 bits per heavy atom. The molecule has 2 aromatic carbocycles. The van der Waals surface area contributed by atoms with E-state index < -0.39 is 0 Å². The molecule has 0 spiro atoms. The van der Waals surface area contributed by atoms with Crippen LogP contribution in [0, 0.1) is 13.8 Å². The van der Waals surface area contributed by atoms with Crippen LogP contribution in [0.2, 0.25) is 0 Å². The second kappa shape index (κ2) is 8.13. The van der Waals surface area contributed by atoms with Gasteiger partial charge in [-0.25, -0.2) is 4.98 Å². The van der Waals surface area contributed by atoms with E-state index in [1.54, 1.807) is 15.9 Å². The van der Waals surface area contributed by atoms with Crippen LogP contribution in [-0.4, -0.2) is 19.7 Å². The molecule has 6 nitrogen and oxygen atoms in total. The summed E-state index contributed by atoms with van der Waals surface area (Å²) >= 11 is 2.99. The highest BCUT2D eigenvalue weighted by atomic mass is 32.2. The first-order valence-electron chi connectivity index (χ1n) is 9.67. The summed E-state index contributed by atoms with van der Waals surface area (Å²) in [6.45, 7) is 4.04. The van der Waals surface area contributed by atoms with Crippen LogP contribution in [0.3, 0.4) is 0 Å². The van der Waals surface area contributed by atoms with Gasteiger partial charge in [0.15, 0.2) is 11.0 Å². The Hall–Kier alpha value is -3.23. The van der Waals surface area contributed by atoms with Crippen molar-refractivity contribution in [3.63, 3.8) is 0 Å². The predicted molar refractivity (Wildman–Crippen MR) is 124 cm³/mol. The molecule has 0 amide bonds. The lowest BCUT2D eigenvalue weighted by atomic mass is 10.1. The molecule has 0 radical (unpaired) electrons. The number of thiophene rings is 1. The molecule has 0 saturated carbocycles. The van der Waals surface area contributed by atoms with E-state index in [0.29, 0.717) is 33.5 Å². The molecule has 8 heteroatoms. The van der Waals surface area contributed by atoms with E-state index in [0.717, 1.165) is 22.4 Å². The summed E-state index contributed by atoms with van der Waals surface area (Å²) in [7, 11) is 0. The van der Waals surface area contributed by atoms with Crippen LogP contribution in [-0.2, 0) is 5.75 Å². The van der Waals surface area contributed by atoms with Gasteiger partial charge in [-0.3, -0.25) is 9.36 Å². The first kappa shape index (κ1) is 19.7. The smallest absolute Gasteiger partial charge is 0.266 e. The molecule has 0 atom stereocenters. The van der Waals surface area contributed by atoms with Gasteiger partial charge in [0.1, 0.15) is 0 Å². The summed E-state index contributed by atoms with van der Waals surface area (Å²) in [4.78, 5) is 22.7. The second-order valence-electron chi connectivity index (χ2n) is 7.21. The number of thioether (sulfide) groups is 1. The number of aromatic nitrogens is 4. The lowest BCUT2D eigenvalue weighted by molar-refractivity contribution is 0.425. The highest BCUT2D eigenvalue weighted by molar-refractivity contribution is 7.98. The quantitative estimate of drug-likeness (QED) is 0.266. The Morgan fingerprint density at radius 2 is 1.87 bits per heavy atom. The molecule has 0 fully saturated rings. The predicted octanol–water partition coefficient (Wildman–Crippen LogP) is 5.41. The molecule has 0 unspecified atom stereocenters. The van der Waals surface area contributed by atoms with E-state index in [-0.39, 0.29) is 5.56 Å². The van der Waals surface area contributed by atoms with Crippen molar-refractivity contribution in [3.05, 3.63) is 86.6 Å². The zero-order chi connectivity index (χ0) is 21.4. The number of fused-ring (bicyclic) bond motifs is 1. The highest BCUT2D eigenvalue weighted by Crippen LogP contribution is 2.26. The molecule has 0 aliphatic rings. The van der Waals surface area contributed by atoms with Gasteiger partial charge in [-0.15, -0.1) is 0 Å². The number of nitrogens with zero attached hydrogens (tertiary/aromatic N) is 4. The minimum absolute atomic E-state index is 0.0924. The molecule has 0 aliphatic heterocycles. The van der Waals surface area contributed by atoms with Gasteiger partial charge in [0.05, 0.1) is 27.9 Å². The maximum Gasteiger partial charge on any atom is 0.266 e. The fraction of sp³-hybridized carbons (Fsp3) is 0.130. The van der Waals surface area contributed by atoms with E-state index in [2.05, 4.69) is 16.2 Å². The van der Waals surface area contributed by atoms with Crippen molar-refractivity contribution in [3.8, 4) is 17.1 Å². The summed E-state index contributed by atoms with van der Waals surface area (Å²) in [6.07, 6.45) is 0. The van der Waals surface area contributed by atoms with Crippen molar-refractivity contribution in [2.75, 3.05) is 0 Å². The summed E-state index contributed by atoms with van der Waals surface area (Å²) < 4.78 is 7.05. The fourth-order valence-corrected chi connectivity index (χ4v) is 4.95. The average Bonchev–Trinajstić information content (AvgIpc) is 3.43. The monoisotopic (exact) mass is 446 g/mol. The van der Waals surface area contributed by atoms with E-state index >= 15 is 0 Å². The normalized spacial score (nSPS) is 11.3. The van der Waals surface area contributed by atoms with Gasteiger partial charge < -0.3 is 4.52 Å². The van der Waals surface area contributed by atoms with Crippen molar-refractivity contribution in [1.29, 1.82) is 0 Å². The Morgan fingerprint density at radius 1 is 1.06 bits per heavy atom. The third-order valence-electron chi connectivity index (χ3n) is 4.78. The van der Waals surface area contributed by atoms with Gasteiger partial charge in [-0.1, -0.05) is 35.1 Å². The van der Waals surface area contributed by atoms with Crippen LogP contribution in [0.15, 0.2) is 73.8 Å². The molecule has 0 saturated heterocycles. The van der Waals surface area contributed by atoms with Crippen molar-refractivity contribution in [2.24, 2.45) is 0 Å². The van der Waals surface area contributed by atoms with Gasteiger partial charge in [-0.2, -0.15) is 16.3 Å². The molecule has 0 N–H and O–H groups in total. The van der Waals surface area contributed by atoms with Crippen LogP contribution >= 0.6 is 23.1 Å². The lowest BCUT2D eigenvalue weighted by Gasteiger charge is -2.14. The molecule has 0 bridgehead atoms. The minimum Gasteiger partial charge on any atom is -0.334 e. The Kier molecular flexibility index (Phi) is 5.17. The summed E-state index contributed by atoms with van der Waals surface area (Å²) in [6, 6.07) is 15.4. The maximum absolute atomic E-state index is 13.4. The number of benzene rings is 2. The van der Waals surface area contributed by atoms with Crippen LogP contribution in [0.5, 0.6) is 0 Å². The van der Waals surface area contributed by atoms with Crippen LogP contribution in [0.4, 0.5) is 0 Å². The number of aryl methyl sites for hydroxylation is 2. The Labute approximate surface area is 186 Å². The van der Waals surface area contributed by atoms with Gasteiger partial charge in [0.25, 0.3) is 11.4 Å². The number of hydrogen-bond donors (Lipinski definition) is 0. The van der Waals surface area contributed by atoms with Crippen molar-refractivity contribution >= 4 is 34.0 Å². The first-order valence-corrected chi connectivity index (χ1v) is 11.6. The Bertz CT molecular complexity index is 1420. The zero-order valence-corrected chi connectivity index (χ0v) is 18.5. The summed E-state index contributed by atoms with van der Waals surface area (Å²) in [5, 5.41) is 9.20. The van der Waals surface area contributed by atoms with Crippen molar-refractivity contribution in [2.45, 2.75) is 24.8 Å². The Balaban J connectivity index is 1.56. The molecule has 3 heterocycles. The highest BCUT2D eigenvalue weighted by Gasteiger charge is 2.16. The van der Waals surface area contributed by atoms with Crippen molar-refractivity contribution in [1.82, 2.24) is 19.7 Å². The fourth-order valence-electron chi connectivity index (χ4n) is 3.46. The molecule has 154 valence electrons. The van der Waals surface area contributed by atoms with E-state index in [1.165, 1.54) is 11.8 Å². The lowest BCUT2D eigenvalue weighted by Crippen LogP contribution is -2.22. The van der Waals surface area contributed by atoms with E-state index in [1.807, 2.05) is 67.1 Å². The minimum atomic E-state index is -0.0924. The summed E-state index contributed by atoms with van der Waals surface area (Å²) in [5.74, 6) is 1.49. The van der Waals surface area contributed by atoms with Gasteiger partial charge >= 0.3 is 0 Å². The van der Waals surface area contributed by atoms with Crippen LogP contribution in [0.1, 0.15) is 17.0 Å². The largest absolute Gasteiger partial charge is 0.334 e. The third kappa shape index (κ3) is 3.92. The topological polar surface area (TPSA) is 73.8 Å². The molecule has 5 rings (SSSR count). The summed E-state index contributed by atoms with van der Waals surface area (Å²) in [5.41, 5.74) is 4.46. The standard InChI is InChI=1S/C23H18N4O2S2/c1-14-9-15(2)11-17(10-14)27-22(28)18-5-3-4-6-19(18)24-23(27)31-13-20-25-21(29-26-20)16-7-8-30-12-16/h3-12H,13H2,1-2H3. The molecular formula is C23H18N4O2S2. The molecule has 31 heavy (non-hydrogen) atoms. The van der Waals surface area contributed by atoms with Gasteiger partial charge in [0.2, 0.25) is 0 Å². The second-order valence-corrected chi connectivity index (χ2v) is 8.94. The number of rotatable bonds is 5. The van der Waals surface area contributed by atoms with Crippen LogP contribution in [0.25, 0.3) is 28.0 Å². The maximum atomic E-state index is 13.4. The first-order chi connectivity index (χ1) is 15.1. The van der Waals surface area contributed by atoms with E-state index in [4.69, 9.17) is 9.51 Å². The number of para-hydroxylation sites is 1. The average molecular weight is 447 g/mol. The molecular weight excluding hydrogens is 428 g/mol. The zero-order valence-electron chi connectivity index (χ0n) is 16.9. The van der Waals surface area contributed by atoms with Crippen molar-refractivity contribution < 1.29 is 4.52 Å². The molecule has 3 aromatic heterocycles. The SMILES string of the molecule is Cc1cc(C)cc(-n2c(SCc3noc(-c4ccsc4)n3)nc3ccccc3c2=O)c1. The molecule has 5 aromatic rings. The number of hydrogen-bond acceptors (Lipinski definition) is 7. The van der Waals surface area contributed by atoms with Gasteiger partial charge in [-0.05, 0) is 60.7 Å². The van der Waals surface area contributed by atoms with Gasteiger partial charge in [0, 0.05) is 5.38 Å². The molecule has 0 aliphatic carbocycles.